The van der Waals surface area contributed by atoms with Crippen molar-refractivity contribution < 1.29 is 9.90 Å². The van der Waals surface area contributed by atoms with E-state index in [1.165, 1.54) is 12.1 Å². The molecule has 0 radical (unpaired) electrons. The van der Waals surface area contributed by atoms with Gasteiger partial charge in [0.15, 0.2) is 0 Å². The summed E-state index contributed by atoms with van der Waals surface area (Å²) in [5.41, 5.74) is 0.371. The van der Waals surface area contributed by atoms with E-state index in [0.717, 1.165) is 5.01 Å². The Labute approximate surface area is 97.6 Å². The summed E-state index contributed by atoms with van der Waals surface area (Å²) in [6.45, 7) is 1.63. The molecule has 1 aromatic carbocycles. The van der Waals surface area contributed by atoms with E-state index in [1.807, 2.05) is 0 Å². The molecule has 0 fully saturated rings. The molecule has 1 atom stereocenters. The van der Waals surface area contributed by atoms with Crippen molar-refractivity contribution in [2.75, 3.05) is 5.01 Å². The lowest BCUT2D eigenvalue weighted by Crippen LogP contribution is -2.45. The van der Waals surface area contributed by atoms with Gasteiger partial charge in [-0.25, -0.2) is 5.01 Å². The lowest BCUT2D eigenvalue weighted by molar-refractivity contribution is -0.307. The molecule has 16 heavy (non-hydrogen) atoms. The molecule has 0 spiro atoms. The second-order valence-corrected chi connectivity index (χ2v) is 3.58. The van der Waals surface area contributed by atoms with Crippen LogP contribution in [0.3, 0.4) is 0 Å². The number of benzene rings is 1. The molecule has 0 amide bonds. The minimum Gasteiger partial charge on any atom is -0.548 e. The predicted molar refractivity (Wildman–Crippen MR) is 58.8 cm³/mol. The van der Waals surface area contributed by atoms with E-state index in [9.17, 15) is 14.8 Å². The van der Waals surface area contributed by atoms with Gasteiger partial charge in [0.05, 0.1) is 23.0 Å². The summed E-state index contributed by atoms with van der Waals surface area (Å²) in [7, 11) is 0. The maximum absolute atomic E-state index is 10.8. The minimum atomic E-state index is -1.34. The standard InChI is InChI=1S/C10H11ClN2O3/c1-2-9(10(14)15)13(12-16)8-5-3-7(11)4-6-8/h3-6,9H,2H2,1H3,(H,14,15)/p-1. The van der Waals surface area contributed by atoms with E-state index >= 15 is 0 Å². The quantitative estimate of drug-likeness (QED) is 0.576. The summed E-state index contributed by atoms with van der Waals surface area (Å²) >= 11 is 5.68. The van der Waals surface area contributed by atoms with Crippen molar-refractivity contribution in [2.24, 2.45) is 5.29 Å². The van der Waals surface area contributed by atoms with Gasteiger partial charge in [0.2, 0.25) is 0 Å². The van der Waals surface area contributed by atoms with Crippen LogP contribution in [0.5, 0.6) is 0 Å². The number of hydrogen-bond acceptors (Lipinski definition) is 4. The highest BCUT2D eigenvalue weighted by Crippen LogP contribution is 2.21. The molecule has 6 heteroatoms. The first-order valence-electron chi connectivity index (χ1n) is 4.69. The van der Waals surface area contributed by atoms with Gasteiger partial charge < -0.3 is 9.90 Å². The monoisotopic (exact) mass is 241 g/mol. The van der Waals surface area contributed by atoms with Gasteiger partial charge in [-0.05, 0) is 30.7 Å². The summed E-state index contributed by atoms with van der Waals surface area (Å²) in [4.78, 5) is 21.4. The molecule has 0 saturated carbocycles. The van der Waals surface area contributed by atoms with Crippen LogP contribution in [0.15, 0.2) is 29.6 Å². The third-order valence-electron chi connectivity index (χ3n) is 2.13. The van der Waals surface area contributed by atoms with Crippen molar-refractivity contribution in [3.05, 3.63) is 34.2 Å². The molecule has 86 valence electrons. The Hall–Kier alpha value is -1.62. The molecule has 0 saturated heterocycles. The van der Waals surface area contributed by atoms with E-state index in [-0.39, 0.29) is 6.42 Å². The van der Waals surface area contributed by atoms with Crippen molar-refractivity contribution in [2.45, 2.75) is 19.4 Å². The predicted octanol–water partition coefficient (Wildman–Crippen LogP) is 1.36. The Balaban J connectivity index is 3.01. The Morgan fingerprint density at radius 2 is 2.06 bits per heavy atom. The van der Waals surface area contributed by atoms with Gasteiger partial charge in [-0.3, -0.25) is 0 Å². The number of nitroso groups, excluding NO2 is 1. The number of aliphatic carboxylic acids is 1. The molecule has 0 heterocycles. The Kier molecular flexibility index (Phi) is 4.25. The fourth-order valence-electron chi connectivity index (χ4n) is 1.32. The second kappa shape index (κ2) is 5.46. The summed E-state index contributed by atoms with van der Waals surface area (Å²) in [6.07, 6.45) is 0.219. The highest BCUT2D eigenvalue weighted by molar-refractivity contribution is 6.30. The fraction of sp³-hybridized carbons (Fsp3) is 0.300. The fourth-order valence-corrected chi connectivity index (χ4v) is 1.44. The first-order chi connectivity index (χ1) is 7.60. The van der Waals surface area contributed by atoms with E-state index in [1.54, 1.807) is 19.1 Å². The zero-order chi connectivity index (χ0) is 12.1. The molecule has 1 aromatic rings. The van der Waals surface area contributed by atoms with Gasteiger partial charge in [0.25, 0.3) is 0 Å². The number of nitrogens with zero attached hydrogens (tertiary/aromatic N) is 2. The lowest BCUT2D eigenvalue weighted by Gasteiger charge is -2.25. The first-order valence-corrected chi connectivity index (χ1v) is 5.06. The van der Waals surface area contributed by atoms with Crippen LogP contribution >= 0.6 is 11.6 Å². The number of carbonyl (C=O) groups is 1. The van der Waals surface area contributed by atoms with E-state index in [2.05, 4.69) is 5.29 Å². The molecule has 1 unspecified atom stereocenters. The summed E-state index contributed by atoms with van der Waals surface area (Å²) in [6, 6.07) is 5.08. The minimum absolute atomic E-state index is 0.219. The number of anilines is 1. The zero-order valence-corrected chi connectivity index (χ0v) is 9.35. The number of carboxylic acids is 1. The lowest BCUT2D eigenvalue weighted by atomic mass is 10.2. The molecular weight excluding hydrogens is 232 g/mol. The summed E-state index contributed by atoms with van der Waals surface area (Å²) in [5.74, 6) is -1.34. The maximum atomic E-state index is 10.8. The third-order valence-corrected chi connectivity index (χ3v) is 2.39. The van der Waals surface area contributed by atoms with Crippen molar-refractivity contribution in [3.63, 3.8) is 0 Å². The zero-order valence-electron chi connectivity index (χ0n) is 8.59. The van der Waals surface area contributed by atoms with Crippen molar-refractivity contribution in [1.29, 1.82) is 0 Å². The van der Waals surface area contributed by atoms with Gasteiger partial charge >= 0.3 is 0 Å². The molecule has 0 aliphatic heterocycles. The molecule has 0 N–H and O–H groups in total. The van der Waals surface area contributed by atoms with Crippen LogP contribution in [-0.4, -0.2) is 12.0 Å². The molecule has 0 aliphatic rings. The third kappa shape index (κ3) is 2.70. The number of carbonyl (C=O) groups excluding carboxylic acids is 1. The molecular formula is C10H10ClN2O3-. The van der Waals surface area contributed by atoms with Gasteiger partial charge in [-0.2, -0.15) is 0 Å². The summed E-state index contributed by atoms with van der Waals surface area (Å²) in [5, 5.41) is 14.9. The highest BCUT2D eigenvalue weighted by Gasteiger charge is 2.19. The maximum Gasteiger partial charge on any atom is 0.0948 e. The van der Waals surface area contributed by atoms with Crippen LogP contribution in [0, 0.1) is 4.91 Å². The van der Waals surface area contributed by atoms with Crippen LogP contribution in [0.4, 0.5) is 5.69 Å². The molecule has 0 bridgehead atoms. The Morgan fingerprint density at radius 1 is 1.50 bits per heavy atom. The van der Waals surface area contributed by atoms with Crippen LogP contribution < -0.4 is 10.1 Å². The van der Waals surface area contributed by atoms with Gasteiger partial charge in [-0.15, -0.1) is 4.91 Å². The first kappa shape index (κ1) is 12.4. The Bertz CT molecular complexity index is 380. The largest absolute Gasteiger partial charge is 0.548 e. The van der Waals surface area contributed by atoms with E-state index in [0.29, 0.717) is 10.7 Å². The number of carboxylic acid groups (broad SMARTS) is 1. The highest BCUT2D eigenvalue weighted by atomic mass is 35.5. The molecule has 5 nitrogen and oxygen atoms in total. The molecule has 0 aliphatic carbocycles. The topological polar surface area (TPSA) is 72.8 Å². The second-order valence-electron chi connectivity index (χ2n) is 3.15. The number of rotatable bonds is 5. The molecule has 0 aromatic heterocycles. The average molecular weight is 242 g/mol. The van der Waals surface area contributed by atoms with Crippen LogP contribution in [-0.2, 0) is 4.79 Å². The average Bonchev–Trinajstić information content (AvgIpc) is 2.26. The SMILES string of the molecule is CCC(C(=O)[O-])N(N=O)c1ccc(Cl)cc1. The Morgan fingerprint density at radius 3 is 2.44 bits per heavy atom. The normalized spacial score (nSPS) is 11.9. The number of halogens is 1. The van der Waals surface area contributed by atoms with Crippen molar-refractivity contribution >= 4 is 23.3 Å². The smallest absolute Gasteiger partial charge is 0.0948 e. The van der Waals surface area contributed by atoms with Crippen molar-refractivity contribution in [1.82, 2.24) is 0 Å². The number of hydrogen-bond donors (Lipinski definition) is 0. The van der Waals surface area contributed by atoms with Crippen LogP contribution in [0.2, 0.25) is 5.02 Å². The van der Waals surface area contributed by atoms with Crippen molar-refractivity contribution in [3.8, 4) is 0 Å². The van der Waals surface area contributed by atoms with Gasteiger partial charge in [-0.1, -0.05) is 18.5 Å². The van der Waals surface area contributed by atoms with Crippen LogP contribution in [0.25, 0.3) is 0 Å². The molecule has 1 rings (SSSR count). The van der Waals surface area contributed by atoms with E-state index < -0.39 is 12.0 Å². The van der Waals surface area contributed by atoms with Gasteiger partial charge in [0.1, 0.15) is 0 Å². The van der Waals surface area contributed by atoms with Gasteiger partial charge in [0, 0.05) is 5.02 Å². The van der Waals surface area contributed by atoms with Crippen LogP contribution in [0.1, 0.15) is 13.3 Å². The van der Waals surface area contributed by atoms with E-state index in [4.69, 9.17) is 11.6 Å². The summed E-state index contributed by atoms with van der Waals surface area (Å²) < 4.78 is 0.